The summed E-state index contributed by atoms with van der Waals surface area (Å²) in [5.74, 6) is -0.321. The lowest BCUT2D eigenvalue weighted by molar-refractivity contribution is -0.141. The molecule has 0 aliphatic heterocycles. The fourth-order valence-corrected chi connectivity index (χ4v) is 6.83. The number of sulfonamides is 1. The molecule has 1 N–H and O–H groups in total. The number of hydrogen-bond acceptors (Lipinski definition) is 4. The zero-order valence-electron chi connectivity index (χ0n) is 25.0. The Morgan fingerprint density at radius 3 is 2.19 bits per heavy atom. The van der Waals surface area contributed by atoms with Crippen molar-refractivity contribution in [2.75, 3.05) is 17.1 Å². The zero-order valence-corrected chi connectivity index (χ0v) is 27.4. The molecule has 1 fully saturated rings. The number of rotatable bonds is 13. The average Bonchev–Trinajstić information content (AvgIpc) is 2.99. The molecule has 0 bridgehead atoms. The molecule has 43 heavy (non-hydrogen) atoms. The largest absolute Gasteiger partial charge is 0.352 e. The summed E-state index contributed by atoms with van der Waals surface area (Å²) in [5.41, 5.74) is 3.49. The van der Waals surface area contributed by atoms with Crippen LogP contribution in [0.4, 0.5) is 5.69 Å². The fraction of sp³-hybridized carbons (Fsp3) is 0.412. The summed E-state index contributed by atoms with van der Waals surface area (Å²) < 4.78 is 27.6. The highest BCUT2D eigenvalue weighted by Crippen LogP contribution is 2.23. The smallest absolute Gasteiger partial charge is 0.243 e. The number of halogens is 1. The van der Waals surface area contributed by atoms with E-state index in [1.165, 1.54) is 17.0 Å². The maximum atomic E-state index is 14.0. The van der Waals surface area contributed by atoms with Crippen molar-refractivity contribution in [2.24, 2.45) is 0 Å². The minimum atomic E-state index is -3.55. The quantitative estimate of drug-likeness (QED) is 0.229. The monoisotopic (exact) mass is 667 g/mol. The first-order valence-electron chi connectivity index (χ1n) is 15.0. The second kappa shape index (κ2) is 15.5. The number of carbonyl (C=O) groups is 2. The summed E-state index contributed by atoms with van der Waals surface area (Å²) in [7, 11) is -3.55. The highest BCUT2D eigenvalue weighted by Gasteiger charge is 2.32. The number of anilines is 1. The lowest BCUT2D eigenvalue weighted by Crippen LogP contribution is -2.52. The SMILES string of the molecule is Cc1ccc(N(CCCC(=O)N(Cc2ccc(Br)cc2)[C@@H](Cc2ccccc2)C(=O)NC2CCCCC2)S(C)(=O)=O)cc1. The zero-order chi connectivity index (χ0) is 30.8. The molecule has 1 saturated carbocycles. The predicted octanol–water partition coefficient (Wildman–Crippen LogP) is 6.39. The average molecular weight is 669 g/mol. The third-order valence-corrected chi connectivity index (χ3v) is 9.69. The first-order valence-corrected chi connectivity index (χ1v) is 17.7. The Balaban J connectivity index is 1.58. The minimum Gasteiger partial charge on any atom is -0.352 e. The van der Waals surface area contributed by atoms with Crippen molar-refractivity contribution in [3.8, 4) is 0 Å². The summed E-state index contributed by atoms with van der Waals surface area (Å²) in [6, 6.07) is 24.3. The van der Waals surface area contributed by atoms with Crippen LogP contribution in [-0.2, 0) is 32.6 Å². The Kier molecular flexibility index (Phi) is 11.8. The van der Waals surface area contributed by atoms with Crippen LogP contribution in [-0.4, -0.2) is 50.0 Å². The standard InChI is InChI=1S/C34H42BrN3O4S/c1-26-15-21-31(22-16-26)38(43(2,41)42)23-9-14-33(39)37(25-28-17-19-29(35)20-18-28)32(24-27-10-5-3-6-11-27)34(40)36-30-12-7-4-8-13-30/h3,5-6,10-11,15-22,30,32H,4,7-9,12-14,23-25H2,1-2H3,(H,36,40)/t32-/m0/s1. The fourth-order valence-electron chi connectivity index (χ4n) is 5.60. The lowest BCUT2D eigenvalue weighted by Gasteiger charge is -2.34. The van der Waals surface area contributed by atoms with Gasteiger partial charge >= 0.3 is 0 Å². The molecule has 1 aliphatic carbocycles. The van der Waals surface area contributed by atoms with Gasteiger partial charge in [0.2, 0.25) is 21.8 Å². The number of aryl methyl sites for hydroxylation is 1. The Morgan fingerprint density at radius 2 is 1.56 bits per heavy atom. The molecule has 230 valence electrons. The molecule has 3 aromatic rings. The Bertz CT molecular complexity index is 1440. The van der Waals surface area contributed by atoms with Crippen LogP contribution >= 0.6 is 15.9 Å². The van der Waals surface area contributed by atoms with Crippen LogP contribution in [0.5, 0.6) is 0 Å². The third-order valence-electron chi connectivity index (χ3n) is 7.96. The lowest BCUT2D eigenvalue weighted by atomic mass is 9.94. The summed E-state index contributed by atoms with van der Waals surface area (Å²) >= 11 is 3.48. The molecule has 7 nitrogen and oxygen atoms in total. The molecule has 0 unspecified atom stereocenters. The second-order valence-electron chi connectivity index (χ2n) is 11.5. The van der Waals surface area contributed by atoms with E-state index in [0.29, 0.717) is 18.5 Å². The van der Waals surface area contributed by atoms with Gasteiger partial charge in [0.15, 0.2) is 0 Å². The van der Waals surface area contributed by atoms with Crippen LogP contribution in [0.2, 0.25) is 0 Å². The van der Waals surface area contributed by atoms with E-state index in [0.717, 1.165) is 46.8 Å². The number of nitrogens with zero attached hydrogens (tertiary/aromatic N) is 2. The predicted molar refractivity (Wildman–Crippen MR) is 176 cm³/mol. The van der Waals surface area contributed by atoms with Gasteiger partial charge in [0.1, 0.15) is 6.04 Å². The molecule has 3 aromatic carbocycles. The minimum absolute atomic E-state index is 0.108. The van der Waals surface area contributed by atoms with E-state index < -0.39 is 16.1 Å². The van der Waals surface area contributed by atoms with Crippen molar-refractivity contribution in [1.29, 1.82) is 0 Å². The molecule has 0 heterocycles. The Hall–Kier alpha value is -3.17. The molecule has 4 rings (SSSR count). The molecular formula is C34H42BrN3O4S. The van der Waals surface area contributed by atoms with Gasteiger partial charge in [0.25, 0.3) is 0 Å². The highest BCUT2D eigenvalue weighted by atomic mass is 79.9. The van der Waals surface area contributed by atoms with E-state index in [2.05, 4.69) is 21.2 Å². The van der Waals surface area contributed by atoms with E-state index >= 15 is 0 Å². The number of hydrogen-bond donors (Lipinski definition) is 1. The number of amides is 2. The maximum Gasteiger partial charge on any atom is 0.243 e. The van der Waals surface area contributed by atoms with E-state index in [1.54, 1.807) is 17.0 Å². The number of benzene rings is 3. The molecule has 0 spiro atoms. The molecule has 1 aliphatic rings. The summed E-state index contributed by atoms with van der Waals surface area (Å²) in [6.45, 7) is 2.39. The van der Waals surface area contributed by atoms with Crippen molar-refractivity contribution in [3.63, 3.8) is 0 Å². The van der Waals surface area contributed by atoms with Gasteiger partial charge in [-0.15, -0.1) is 0 Å². The highest BCUT2D eigenvalue weighted by molar-refractivity contribution is 9.10. The number of nitrogens with one attached hydrogen (secondary N) is 1. The Morgan fingerprint density at radius 1 is 0.907 bits per heavy atom. The van der Waals surface area contributed by atoms with Gasteiger partial charge in [-0.2, -0.15) is 0 Å². The van der Waals surface area contributed by atoms with Crippen LogP contribution in [0.1, 0.15) is 61.6 Å². The van der Waals surface area contributed by atoms with E-state index in [-0.39, 0.29) is 37.4 Å². The van der Waals surface area contributed by atoms with Crippen molar-refractivity contribution in [1.82, 2.24) is 10.2 Å². The van der Waals surface area contributed by atoms with Crippen LogP contribution in [0.15, 0.2) is 83.3 Å². The van der Waals surface area contributed by atoms with E-state index in [4.69, 9.17) is 0 Å². The summed E-state index contributed by atoms with van der Waals surface area (Å²) in [5, 5.41) is 3.26. The number of carbonyl (C=O) groups excluding carboxylic acids is 2. The van der Waals surface area contributed by atoms with Gasteiger partial charge in [-0.25, -0.2) is 8.42 Å². The van der Waals surface area contributed by atoms with Crippen molar-refractivity contribution >= 4 is 43.5 Å². The van der Waals surface area contributed by atoms with Crippen molar-refractivity contribution in [3.05, 3.63) is 100 Å². The summed E-state index contributed by atoms with van der Waals surface area (Å²) in [4.78, 5) is 29.6. The second-order valence-corrected chi connectivity index (χ2v) is 14.3. The van der Waals surface area contributed by atoms with Crippen LogP contribution in [0, 0.1) is 6.92 Å². The van der Waals surface area contributed by atoms with Crippen LogP contribution in [0.3, 0.4) is 0 Å². The van der Waals surface area contributed by atoms with Gasteiger partial charge in [0, 0.05) is 36.4 Å². The van der Waals surface area contributed by atoms with Gasteiger partial charge in [0.05, 0.1) is 11.9 Å². The third kappa shape index (κ3) is 9.93. The van der Waals surface area contributed by atoms with Crippen LogP contribution < -0.4 is 9.62 Å². The topological polar surface area (TPSA) is 86.8 Å². The Labute approximate surface area is 264 Å². The first-order chi connectivity index (χ1) is 20.6. The molecule has 0 saturated heterocycles. The maximum absolute atomic E-state index is 14.0. The molecule has 0 aromatic heterocycles. The molecule has 2 amide bonds. The van der Waals surface area contributed by atoms with Gasteiger partial charge in [-0.1, -0.05) is 95.4 Å². The van der Waals surface area contributed by atoms with Gasteiger partial charge in [-0.3, -0.25) is 13.9 Å². The normalized spacial score (nSPS) is 14.6. The molecule has 0 radical (unpaired) electrons. The molecule has 9 heteroatoms. The van der Waals surface area contributed by atoms with E-state index in [9.17, 15) is 18.0 Å². The van der Waals surface area contributed by atoms with E-state index in [1.807, 2.05) is 73.7 Å². The van der Waals surface area contributed by atoms with Gasteiger partial charge < -0.3 is 10.2 Å². The van der Waals surface area contributed by atoms with Crippen LogP contribution in [0.25, 0.3) is 0 Å². The van der Waals surface area contributed by atoms with Gasteiger partial charge in [-0.05, 0) is 61.6 Å². The molecular weight excluding hydrogens is 626 g/mol. The van der Waals surface area contributed by atoms with Crippen molar-refractivity contribution < 1.29 is 18.0 Å². The molecule has 1 atom stereocenters. The summed E-state index contributed by atoms with van der Waals surface area (Å²) in [6.07, 6.45) is 7.26. The van der Waals surface area contributed by atoms with Crippen molar-refractivity contribution in [2.45, 2.75) is 76.9 Å². The first kappa shape index (κ1) is 32.7.